The number of carbonyl (C=O) groups is 1. The summed E-state index contributed by atoms with van der Waals surface area (Å²) in [6.07, 6.45) is 1.83. The summed E-state index contributed by atoms with van der Waals surface area (Å²) in [5.41, 5.74) is 4.84. The summed E-state index contributed by atoms with van der Waals surface area (Å²) >= 11 is 7.40. The van der Waals surface area contributed by atoms with Gasteiger partial charge in [-0.2, -0.15) is 0 Å². The Labute approximate surface area is 269 Å². The van der Waals surface area contributed by atoms with Crippen molar-refractivity contribution in [3.05, 3.63) is 155 Å². The van der Waals surface area contributed by atoms with E-state index in [-0.39, 0.29) is 18.1 Å². The first-order chi connectivity index (χ1) is 21.8. The van der Waals surface area contributed by atoms with E-state index in [2.05, 4.69) is 5.32 Å². The lowest BCUT2D eigenvalue weighted by molar-refractivity contribution is -0.113. The molecule has 0 aliphatic carbocycles. The number of thiazole rings is 1. The smallest absolute Gasteiger partial charge is 0.271 e. The summed E-state index contributed by atoms with van der Waals surface area (Å²) < 4.78 is 13.7. The average molecular weight is 636 g/mol. The Kier molecular flexibility index (Phi) is 8.69. The van der Waals surface area contributed by atoms with E-state index in [1.54, 1.807) is 23.8 Å². The maximum Gasteiger partial charge on any atom is 0.271 e. The average Bonchev–Trinajstić information content (AvgIpc) is 3.34. The van der Waals surface area contributed by atoms with Gasteiger partial charge in [0.05, 0.1) is 29.0 Å². The number of benzene rings is 4. The predicted molar refractivity (Wildman–Crippen MR) is 179 cm³/mol. The molecule has 0 saturated heterocycles. The highest BCUT2D eigenvalue weighted by molar-refractivity contribution is 7.07. The van der Waals surface area contributed by atoms with E-state index in [0.29, 0.717) is 42.8 Å². The number of anilines is 1. The van der Waals surface area contributed by atoms with Crippen LogP contribution in [-0.2, 0) is 11.4 Å². The molecule has 0 saturated carbocycles. The van der Waals surface area contributed by atoms with Gasteiger partial charge in [-0.05, 0) is 73.0 Å². The van der Waals surface area contributed by atoms with E-state index in [1.165, 1.54) is 11.3 Å². The van der Waals surface area contributed by atoms with Gasteiger partial charge >= 0.3 is 0 Å². The second kappa shape index (κ2) is 13.0. The van der Waals surface area contributed by atoms with E-state index in [1.807, 2.05) is 105 Å². The first-order valence-electron chi connectivity index (χ1n) is 14.3. The lowest BCUT2D eigenvalue weighted by atomic mass is 9.95. The van der Waals surface area contributed by atoms with Crippen molar-refractivity contribution in [2.45, 2.75) is 26.5 Å². The van der Waals surface area contributed by atoms with Gasteiger partial charge in [-0.25, -0.2) is 4.99 Å². The molecular weight excluding hydrogens is 606 g/mol. The van der Waals surface area contributed by atoms with Crippen LogP contribution in [0.25, 0.3) is 6.08 Å². The molecule has 0 fully saturated rings. The summed E-state index contributed by atoms with van der Waals surface area (Å²) in [5, 5.41) is 3.63. The second-order valence-corrected chi connectivity index (χ2v) is 12.0. The first kappa shape index (κ1) is 30.1. The lowest BCUT2D eigenvalue weighted by Crippen LogP contribution is -2.40. The number of ether oxygens (including phenoxy) is 2. The van der Waals surface area contributed by atoms with Gasteiger partial charge < -0.3 is 14.8 Å². The topological polar surface area (TPSA) is 81.9 Å². The fraction of sp³-hybridized carbons (Fsp3) is 0.139. The second-order valence-electron chi connectivity index (χ2n) is 10.6. The molecule has 1 aliphatic rings. The fourth-order valence-electron chi connectivity index (χ4n) is 5.34. The van der Waals surface area contributed by atoms with Crippen LogP contribution in [0.15, 0.2) is 118 Å². The van der Waals surface area contributed by atoms with Crippen LogP contribution in [0.1, 0.15) is 35.2 Å². The molecule has 5 aromatic rings. The summed E-state index contributed by atoms with van der Waals surface area (Å²) in [7, 11) is 1.61. The van der Waals surface area contributed by atoms with Gasteiger partial charge in [0.2, 0.25) is 0 Å². The molecule has 1 N–H and O–H groups in total. The molecule has 1 atom stereocenters. The minimum atomic E-state index is -0.647. The number of carbonyl (C=O) groups excluding carboxylic acids is 1. The Bertz CT molecular complexity index is 2120. The number of allylic oxidation sites excluding steroid dienone is 1. The van der Waals surface area contributed by atoms with Crippen molar-refractivity contribution in [3.63, 3.8) is 0 Å². The van der Waals surface area contributed by atoms with Crippen molar-refractivity contribution >= 4 is 40.6 Å². The van der Waals surface area contributed by atoms with Crippen molar-refractivity contribution in [1.82, 2.24) is 4.57 Å². The Hall–Kier alpha value is -4.92. The van der Waals surface area contributed by atoms with E-state index in [4.69, 9.17) is 26.1 Å². The van der Waals surface area contributed by atoms with Gasteiger partial charge in [0.1, 0.15) is 18.1 Å². The zero-order valence-corrected chi connectivity index (χ0v) is 26.5. The first-order valence-corrected chi connectivity index (χ1v) is 15.5. The third-order valence-electron chi connectivity index (χ3n) is 7.57. The molecule has 45 heavy (non-hydrogen) atoms. The van der Waals surface area contributed by atoms with Gasteiger partial charge in [-0.3, -0.25) is 14.2 Å². The summed E-state index contributed by atoms with van der Waals surface area (Å²) in [5.74, 6) is 1.01. The molecule has 9 heteroatoms. The van der Waals surface area contributed by atoms with Crippen LogP contribution in [0.3, 0.4) is 0 Å². The molecule has 4 aromatic carbocycles. The number of halogens is 1. The molecular formula is C36H30ClN3O4S. The Morgan fingerprint density at radius 1 is 1.00 bits per heavy atom. The number of amides is 1. The van der Waals surface area contributed by atoms with E-state index >= 15 is 0 Å². The highest BCUT2D eigenvalue weighted by Crippen LogP contribution is 2.31. The van der Waals surface area contributed by atoms with Crippen LogP contribution in [-0.4, -0.2) is 17.6 Å². The summed E-state index contributed by atoms with van der Waals surface area (Å²) in [4.78, 5) is 33.2. The maximum absolute atomic E-state index is 14.1. The molecule has 0 spiro atoms. The van der Waals surface area contributed by atoms with E-state index in [9.17, 15) is 9.59 Å². The fourth-order valence-corrected chi connectivity index (χ4v) is 6.56. The number of rotatable bonds is 8. The monoisotopic (exact) mass is 635 g/mol. The predicted octanol–water partition coefficient (Wildman–Crippen LogP) is 6.42. The van der Waals surface area contributed by atoms with Crippen molar-refractivity contribution < 1.29 is 14.3 Å². The Morgan fingerprint density at radius 3 is 2.53 bits per heavy atom. The molecule has 0 bridgehead atoms. The SMILES string of the molecule is COc1ccc(C=c2sc3n(c2=O)[C@@H](c2ccccc2)C(C(=O)Nc2ccccc2C)=C(C)N=3)cc1COc1cccc(Cl)c1. The van der Waals surface area contributed by atoms with Gasteiger partial charge in [0.25, 0.3) is 11.5 Å². The lowest BCUT2D eigenvalue weighted by Gasteiger charge is -2.25. The third kappa shape index (κ3) is 6.34. The number of hydrogen-bond acceptors (Lipinski definition) is 6. The van der Waals surface area contributed by atoms with Crippen LogP contribution in [0, 0.1) is 6.92 Å². The largest absolute Gasteiger partial charge is 0.496 e. The van der Waals surface area contributed by atoms with E-state index < -0.39 is 6.04 Å². The molecule has 1 aromatic heterocycles. The summed E-state index contributed by atoms with van der Waals surface area (Å²) in [6, 6.07) is 29.4. The Morgan fingerprint density at radius 2 is 1.78 bits per heavy atom. The quantitative estimate of drug-likeness (QED) is 0.213. The van der Waals surface area contributed by atoms with Crippen LogP contribution in [0.2, 0.25) is 5.02 Å². The molecule has 7 nitrogen and oxygen atoms in total. The van der Waals surface area contributed by atoms with Gasteiger partial charge in [-0.1, -0.05) is 83.6 Å². The zero-order chi connectivity index (χ0) is 31.5. The van der Waals surface area contributed by atoms with Crippen molar-refractivity contribution in [2.24, 2.45) is 4.99 Å². The molecule has 2 heterocycles. The number of nitrogens with zero attached hydrogens (tertiary/aromatic N) is 2. The minimum absolute atomic E-state index is 0.228. The number of para-hydroxylation sites is 1. The number of aromatic nitrogens is 1. The van der Waals surface area contributed by atoms with Crippen LogP contribution >= 0.6 is 22.9 Å². The molecule has 1 amide bonds. The minimum Gasteiger partial charge on any atom is -0.496 e. The normalized spacial score (nSPS) is 14.5. The number of nitrogens with one attached hydrogen (secondary N) is 1. The van der Waals surface area contributed by atoms with Crippen molar-refractivity contribution in [1.29, 1.82) is 0 Å². The van der Waals surface area contributed by atoms with Crippen LogP contribution < -0.4 is 29.7 Å². The standard InChI is InChI=1S/C36H30ClN3O4S/c1-22-10-7-8-15-29(22)39-34(41)32-23(2)38-36-40(33(32)25-11-5-4-6-12-25)35(42)31(45-36)19-24-16-17-30(43-3)26(18-24)21-44-28-14-9-13-27(37)20-28/h4-20,33H,21H2,1-3H3,(H,39,41)/t33-/m0/s1. The molecule has 6 rings (SSSR count). The Balaban J connectivity index is 1.40. The zero-order valence-electron chi connectivity index (χ0n) is 24.9. The van der Waals surface area contributed by atoms with Crippen LogP contribution in [0.4, 0.5) is 5.69 Å². The number of aryl methyl sites for hydroxylation is 1. The van der Waals surface area contributed by atoms with E-state index in [0.717, 1.165) is 22.3 Å². The van der Waals surface area contributed by atoms with Crippen molar-refractivity contribution in [3.8, 4) is 11.5 Å². The molecule has 1 aliphatic heterocycles. The highest BCUT2D eigenvalue weighted by atomic mass is 35.5. The van der Waals surface area contributed by atoms with Crippen molar-refractivity contribution in [2.75, 3.05) is 12.4 Å². The highest BCUT2D eigenvalue weighted by Gasteiger charge is 2.32. The summed E-state index contributed by atoms with van der Waals surface area (Å²) in [6.45, 7) is 4.00. The van der Waals surface area contributed by atoms with Gasteiger partial charge in [-0.15, -0.1) is 0 Å². The maximum atomic E-state index is 14.1. The molecule has 0 radical (unpaired) electrons. The number of methoxy groups -OCH3 is 1. The number of hydrogen-bond donors (Lipinski definition) is 1. The number of fused-ring (bicyclic) bond motifs is 1. The molecule has 0 unspecified atom stereocenters. The van der Waals surface area contributed by atoms with Gasteiger partial charge in [0, 0.05) is 16.3 Å². The third-order valence-corrected chi connectivity index (χ3v) is 8.79. The molecule has 226 valence electrons. The van der Waals surface area contributed by atoms with Crippen LogP contribution in [0.5, 0.6) is 11.5 Å². The van der Waals surface area contributed by atoms with Gasteiger partial charge in [0.15, 0.2) is 4.80 Å².